The van der Waals surface area contributed by atoms with E-state index in [2.05, 4.69) is 30.6 Å². The van der Waals surface area contributed by atoms with Crippen molar-refractivity contribution in [3.05, 3.63) is 48.5 Å². The molecule has 0 radical (unpaired) electrons. The minimum absolute atomic E-state index is 0.119. The summed E-state index contributed by atoms with van der Waals surface area (Å²) < 4.78 is 51.5. The van der Waals surface area contributed by atoms with Crippen molar-refractivity contribution in [3.8, 4) is 11.6 Å². The highest BCUT2D eigenvalue weighted by Gasteiger charge is 2.31. The Morgan fingerprint density at radius 1 is 1.00 bits per heavy atom. The highest BCUT2D eigenvalue weighted by Crippen LogP contribution is 2.28. The lowest BCUT2D eigenvalue weighted by Crippen LogP contribution is -2.28. The predicted octanol–water partition coefficient (Wildman–Crippen LogP) is 4.38. The van der Waals surface area contributed by atoms with Crippen molar-refractivity contribution >= 4 is 29.3 Å². The largest absolute Gasteiger partial charge is 0.573 e. The molecule has 1 aromatic carbocycles. The molecule has 1 aliphatic carbocycles. The third-order valence-corrected chi connectivity index (χ3v) is 5.26. The van der Waals surface area contributed by atoms with Gasteiger partial charge in [0.15, 0.2) is 0 Å². The summed E-state index contributed by atoms with van der Waals surface area (Å²) in [5.41, 5.74) is 0.672. The molecule has 0 atom stereocenters. The van der Waals surface area contributed by atoms with Crippen LogP contribution in [0.4, 0.5) is 30.6 Å². The Labute approximate surface area is 201 Å². The molecule has 0 spiro atoms. The van der Waals surface area contributed by atoms with Gasteiger partial charge < -0.3 is 29.6 Å². The van der Waals surface area contributed by atoms with Crippen molar-refractivity contribution in [2.45, 2.75) is 38.1 Å². The van der Waals surface area contributed by atoms with E-state index in [4.69, 9.17) is 14.3 Å². The first-order valence-electron chi connectivity index (χ1n) is 10.8. The number of nitrogens with zero attached hydrogens (tertiary/aromatic N) is 3. The van der Waals surface area contributed by atoms with Gasteiger partial charge in [-0.2, -0.15) is 0 Å². The number of nitrogens with one attached hydrogen (secondary N) is 2. The molecule has 0 unspecified atom stereocenters. The van der Waals surface area contributed by atoms with Crippen molar-refractivity contribution in [2.75, 3.05) is 10.6 Å². The number of halogens is 3. The summed E-state index contributed by atoms with van der Waals surface area (Å²) >= 11 is 0. The molecule has 190 valence electrons. The number of carbonyl (C=O) groups excluding carboxylic acids is 1. The van der Waals surface area contributed by atoms with Gasteiger partial charge in [-0.1, -0.05) is 5.10 Å². The summed E-state index contributed by atoms with van der Waals surface area (Å²) in [5, 5.41) is 21.6. The summed E-state index contributed by atoms with van der Waals surface area (Å²) in [6.45, 7) is 0. The molecule has 3 aromatic rings. The van der Waals surface area contributed by atoms with Crippen LogP contribution in [0.15, 0.2) is 47.0 Å². The van der Waals surface area contributed by atoms with Crippen LogP contribution in [0.3, 0.4) is 0 Å². The van der Waals surface area contributed by atoms with Gasteiger partial charge in [0.1, 0.15) is 11.9 Å². The topological polar surface area (TPSA) is 149 Å². The predicted molar refractivity (Wildman–Crippen MR) is 117 cm³/mol. The molecule has 3 N–H and O–H groups in total. The minimum atomic E-state index is -4.80. The number of carbonyl (C=O) groups is 2. The Hall–Kier alpha value is -4.36. The minimum Gasteiger partial charge on any atom is -0.481 e. The van der Waals surface area contributed by atoms with E-state index >= 15 is 0 Å². The molecule has 2 heterocycles. The zero-order chi connectivity index (χ0) is 25.7. The number of amides is 1. The van der Waals surface area contributed by atoms with E-state index in [1.54, 1.807) is 12.1 Å². The second kappa shape index (κ2) is 10.5. The zero-order valence-corrected chi connectivity index (χ0v) is 18.5. The Morgan fingerprint density at radius 3 is 2.31 bits per heavy atom. The fourth-order valence-electron chi connectivity index (χ4n) is 3.54. The lowest BCUT2D eigenvalue weighted by Gasteiger charge is -2.26. The van der Waals surface area contributed by atoms with Crippen LogP contribution in [0.1, 0.15) is 36.4 Å². The van der Waals surface area contributed by atoms with Crippen LogP contribution in [-0.2, 0) is 4.79 Å². The number of pyridine rings is 1. The molecule has 4 rings (SSSR count). The van der Waals surface area contributed by atoms with Gasteiger partial charge in [-0.25, -0.2) is 4.98 Å². The van der Waals surface area contributed by atoms with Gasteiger partial charge in [0, 0.05) is 11.8 Å². The number of hydrogen-bond acceptors (Lipinski definition) is 9. The number of ether oxygens (including phenoxy) is 2. The smallest absolute Gasteiger partial charge is 0.481 e. The molecule has 1 amide bonds. The number of aliphatic carboxylic acids is 1. The lowest BCUT2D eigenvalue weighted by atomic mass is 9.87. The van der Waals surface area contributed by atoms with E-state index in [1.807, 2.05) is 0 Å². The molecule has 1 aliphatic rings. The van der Waals surface area contributed by atoms with E-state index in [-0.39, 0.29) is 23.9 Å². The summed E-state index contributed by atoms with van der Waals surface area (Å²) in [7, 11) is 0. The quantitative estimate of drug-likeness (QED) is 0.401. The maximum atomic E-state index is 12.4. The number of aromatic nitrogens is 3. The highest BCUT2D eigenvalue weighted by atomic mass is 19.4. The number of anilines is 3. The monoisotopic (exact) mass is 507 g/mol. The van der Waals surface area contributed by atoms with E-state index in [0.717, 1.165) is 12.1 Å². The number of benzene rings is 1. The molecule has 0 saturated heterocycles. The molecule has 2 aromatic heterocycles. The molecular weight excluding hydrogens is 487 g/mol. The molecule has 36 heavy (non-hydrogen) atoms. The first kappa shape index (κ1) is 24.8. The lowest BCUT2D eigenvalue weighted by molar-refractivity contribution is -0.274. The highest BCUT2D eigenvalue weighted by molar-refractivity contribution is 6.00. The fraction of sp³-hybridized carbons (Fsp3) is 0.318. The average Bonchev–Trinajstić information content (AvgIpc) is 3.30. The maximum absolute atomic E-state index is 12.4. The Morgan fingerprint density at radius 2 is 1.69 bits per heavy atom. The molecular formula is C22H20F3N5O6. The van der Waals surface area contributed by atoms with E-state index < -0.39 is 24.0 Å². The van der Waals surface area contributed by atoms with Crippen molar-refractivity contribution in [2.24, 2.45) is 5.92 Å². The van der Waals surface area contributed by atoms with Crippen molar-refractivity contribution in [1.82, 2.24) is 15.2 Å². The Bertz CT molecular complexity index is 1190. The van der Waals surface area contributed by atoms with Crippen molar-refractivity contribution in [3.63, 3.8) is 0 Å². The average molecular weight is 507 g/mol. The first-order chi connectivity index (χ1) is 17.1. The molecule has 11 nitrogen and oxygen atoms in total. The number of alkyl halides is 3. The molecule has 14 heteroatoms. The van der Waals surface area contributed by atoms with Gasteiger partial charge in [-0.3, -0.25) is 9.59 Å². The van der Waals surface area contributed by atoms with E-state index in [9.17, 15) is 22.8 Å². The van der Waals surface area contributed by atoms with Gasteiger partial charge in [-0.15, -0.1) is 18.3 Å². The SMILES string of the molecule is O=C(Nc1ccc(O[C@H]2CC[C@H](C(=O)O)CC2)nc1)c1nnc(Nc2ccc(OC(F)(F)F)cc2)o1. The summed E-state index contributed by atoms with van der Waals surface area (Å²) in [4.78, 5) is 27.6. The summed E-state index contributed by atoms with van der Waals surface area (Å²) in [6.07, 6.45) is -1.19. The number of rotatable bonds is 8. The van der Waals surface area contributed by atoms with Crippen LogP contribution in [0.5, 0.6) is 11.6 Å². The second-order valence-electron chi connectivity index (χ2n) is 7.88. The van der Waals surface area contributed by atoms with Crippen molar-refractivity contribution in [1.29, 1.82) is 0 Å². The third-order valence-electron chi connectivity index (χ3n) is 5.26. The van der Waals surface area contributed by atoms with E-state index in [0.29, 0.717) is 42.9 Å². The summed E-state index contributed by atoms with van der Waals surface area (Å²) in [5.74, 6) is -2.23. The van der Waals surface area contributed by atoms with Gasteiger partial charge in [0.05, 0.1) is 17.8 Å². The normalized spacial score (nSPS) is 17.8. The van der Waals surface area contributed by atoms with Gasteiger partial charge in [-0.05, 0) is 56.0 Å². The van der Waals surface area contributed by atoms with Crippen LogP contribution >= 0.6 is 0 Å². The van der Waals surface area contributed by atoms with Gasteiger partial charge >= 0.3 is 30.1 Å². The number of carboxylic acid groups (broad SMARTS) is 1. The van der Waals surface area contributed by atoms with E-state index in [1.165, 1.54) is 18.3 Å². The zero-order valence-electron chi connectivity index (χ0n) is 18.5. The molecule has 0 aliphatic heterocycles. The van der Waals surface area contributed by atoms with Crippen LogP contribution < -0.4 is 20.1 Å². The van der Waals surface area contributed by atoms with Crippen LogP contribution in [-0.4, -0.2) is 44.6 Å². The maximum Gasteiger partial charge on any atom is 0.573 e. The Balaban J connectivity index is 1.27. The van der Waals surface area contributed by atoms with Crippen LogP contribution in [0.2, 0.25) is 0 Å². The molecule has 1 saturated carbocycles. The van der Waals surface area contributed by atoms with Gasteiger partial charge in [0.2, 0.25) is 5.88 Å². The van der Waals surface area contributed by atoms with Crippen LogP contribution in [0, 0.1) is 5.92 Å². The summed E-state index contributed by atoms with van der Waals surface area (Å²) in [6, 6.07) is 7.80. The van der Waals surface area contributed by atoms with Crippen LogP contribution in [0.25, 0.3) is 0 Å². The molecule has 0 bridgehead atoms. The van der Waals surface area contributed by atoms with Gasteiger partial charge in [0.25, 0.3) is 0 Å². The number of hydrogen-bond donors (Lipinski definition) is 3. The molecule has 1 fully saturated rings. The standard InChI is InChI=1S/C22H20F3N5O6/c23-22(24,25)36-16-8-3-13(4-9-16)28-21-30-29-19(35-21)18(31)27-14-5-10-17(26-11-14)34-15-6-1-12(2-7-15)20(32)33/h3-5,8-12,15H,1-2,6-7H2,(H,27,31)(H,28,30)(H,32,33)/t12-,15-. The second-order valence-corrected chi connectivity index (χ2v) is 7.88. The third kappa shape index (κ3) is 6.84. The first-order valence-corrected chi connectivity index (χ1v) is 10.8. The Kier molecular flexibility index (Phi) is 7.22. The van der Waals surface area contributed by atoms with Crippen molar-refractivity contribution < 1.29 is 41.8 Å². The number of carboxylic acids is 1. The fourth-order valence-corrected chi connectivity index (χ4v) is 3.54.